The highest BCUT2D eigenvalue weighted by molar-refractivity contribution is 7.09. The van der Waals surface area contributed by atoms with Crippen molar-refractivity contribution in [3.05, 3.63) is 5.82 Å². The highest BCUT2D eigenvalue weighted by Crippen LogP contribution is 2.23. The minimum absolute atomic E-state index is 0.175. The van der Waals surface area contributed by atoms with Crippen LogP contribution < -0.4 is 10.6 Å². The monoisotopic (exact) mass is 338 g/mol. The van der Waals surface area contributed by atoms with Crippen molar-refractivity contribution in [3.63, 3.8) is 0 Å². The molecule has 2 saturated heterocycles. The summed E-state index contributed by atoms with van der Waals surface area (Å²) in [5.41, 5.74) is -0.187. The van der Waals surface area contributed by atoms with Gasteiger partial charge in [0.25, 0.3) is 5.91 Å². The number of anilines is 1. The molecule has 0 saturated carbocycles. The van der Waals surface area contributed by atoms with E-state index in [0.717, 1.165) is 11.5 Å². The van der Waals surface area contributed by atoms with Gasteiger partial charge in [-0.1, -0.05) is 20.8 Å². The number of rotatable bonds is 1. The number of fused-ring (bicyclic) bond motifs is 1. The van der Waals surface area contributed by atoms with Crippen LogP contribution in [-0.2, 0) is 10.2 Å². The van der Waals surface area contributed by atoms with E-state index in [4.69, 9.17) is 0 Å². The van der Waals surface area contributed by atoms with E-state index >= 15 is 0 Å². The third-order valence-electron chi connectivity index (χ3n) is 3.77. The van der Waals surface area contributed by atoms with Crippen molar-refractivity contribution in [2.45, 2.75) is 32.2 Å². The molecule has 2 N–H and O–H groups in total. The Kier molecular flexibility index (Phi) is 3.71. The summed E-state index contributed by atoms with van der Waals surface area (Å²) in [6.07, 6.45) is 0. The summed E-state index contributed by atoms with van der Waals surface area (Å²) < 4.78 is 4.24. The van der Waals surface area contributed by atoms with Gasteiger partial charge in [-0.25, -0.2) is 14.6 Å². The Bertz CT molecular complexity index is 667. The average Bonchev–Trinajstić information content (AvgIpc) is 3.04. The molecule has 10 heteroatoms. The van der Waals surface area contributed by atoms with Gasteiger partial charge in [-0.2, -0.15) is 4.37 Å². The number of piperazine rings is 1. The van der Waals surface area contributed by atoms with Crippen LogP contribution in [0.4, 0.5) is 14.7 Å². The zero-order chi connectivity index (χ0) is 16.8. The van der Waals surface area contributed by atoms with E-state index in [0.29, 0.717) is 24.0 Å². The lowest BCUT2D eigenvalue weighted by Crippen LogP contribution is -2.55. The lowest BCUT2D eigenvalue weighted by molar-refractivity contribution is -0.122. The molecule has 2 aliphatic heterocycles. The number of hydrogen-bond acceptors (Lipinski definition) is 6. The third kappa shape index (κ3) is 2.98. The predicted molar refractivity (Wildman–Crippen MR) is 83.2 cm³/mol. The van der Waals surface area contributed by atoms with Gasteiger partial charge in [-0.15, -0.1) is 0 Å². The quantitative estimate of drug-likeness (QED) is 0.729. The predicted octanol–water partition coefficient (Wildman–Crippen LogP) is 0.603. The zero-order valence-electron chi connectivity index (χ0n) is 13.1. The van der Waals surface area contributed by atoms with Crippen molar-refractivity contribution in [1.82, 2.24) is 24.5 Å². The van der Waals surface area contributed by atoms with Crippen molar-refractivity contribution >= 4 is 34.6 Å². The Morgan fingerprint density at radius 1 is 1.35 bits per heavy atom. The summed E-state index contributed by atoms with van der Waals surface area (Å²) in [6, 6.07) is -1.34. The van der Waals surface area contributed by atoms with Crippen LogP contribution in [0.25, 0.3) is 0 Å². The van der Waals surface area contributed by atoms with Crippen molar-refractivity contribution in [3.8, 4) is 0 Å². The summed E-state index contributed by atoms with van der Waals surface area (Å²) in [5, 5.41) is 5.39. The number of hydrogen-bond donors (Lipinski definition) is 2. The first-order valence-corrected chi connectivity index (χ1v) is 8.04. The average molecular weight is 338 g/mol. The van der Waals surface area contributed by atoms with Crippen LogP contribution in [0.15, 0.2) is 0 Å². The van der Waals surface area contributed by atoms with E-state index in [1.807, 2.05) is 20.8 Å². The largest absolute Gasteiger partial charge is 0.324 e. The normalized spacial score (nSPS) is 21.3. The molecule has 0 aliphatic carbocycles. The number of amides is 5. The van der Waals surface area contributed by atoms with E-state index < -0.39 is 6.04 Å². The smallest absolute Gasteiger partial charge is 0.320 e. The number of carbonyl (C=O) groups excluding carboxylic acids is 3. The van der Waals surface area contributed by atoms with E-state index in [1.165, 1.54) is 9.80 Å². The Morgan fingerprint density at radius 2 is 2.09 bits per heavy atom. The second-order valence-electron chi connectivity index (χ2n) is 6.55. The van der Waals surface area contributed by atoms with Gasteiger partial charge in [-0.3, -0.25) is 15.4 Å². The van der Waals surface area contributed by atoms with Crippen LogP contribution >= 0.6 is 11.5 Å². The molecule has 0 bridgehead atoms. The van der Waals surface area contributed by atoms with Crippen LogP contribution in [0.3, 0.4) is 0 Å². The maximum absolute atomic E-state index is 12.3. The summed E-state index contributed by atoms with van der Waals surface area (Å²) in [7, 11) is 0. The Labute approximate surface area is 137 Å². The number of aromatic nitrogens is 2. The summed E-state index contributed by atoms with van der Waals surface area (Å²) in [4.78, 5) is 42.8. The second-order valence-corrected chi connectivity index (χ2v) is 7.30. The highest BCUT2D eigenvalue weighted by atomic mass is 32.1. The summed E-state index contributed by atoms with van der Waals surface area (Å²) >= 11 is 1.13. The molecule has 2 aliphatic rings. The minimum Gasteiger partial charge on any atom is -0.320 e. The maximum Gasteiger partial charge on any atom is 0.324 e. The Balaban J connectivity index is 1.64. The van der Waals surface area contributed by atoms with Crippen LogP contribution in [0.5, 0.6) is 0 Å². The molecular formula is C13H18N6O3S. The SMILES string of the molecule is CC(C)(C)c1nsc(NC(=O)N2CCN3C(=O)NC(=O)C3C2)n1. The summed E-state index contributed by atoms with van der Waals surface area (Å²) in [5.74, 6) is 0.307. The molecule has 5 amide bonds. The molecule has 9 nitrogen and oxygen atoms in total. The molecule has 0 aromatic carbocycles. The molecule has 3 rings (SSSR count). The Hall–Kier alpha value is -2.23. The van der Waals surface area contributed by atoms with Crippen LogP contribution in [0.1, 0.15) is 26.6 Å². The fourth-order valence-electron chi connectivity index (χ4n) is 2.44. The van der Waals surface area contributed by atoms with Crippen molar-refractivity contribution in [1.29, 1.82) is 0 Å². The fourth-order valence-corrected chi connectivity index (χ4v) is 3.19. The molecule has 124 valence electrons. The van der Waals surface area contributed by atoms with Gasteiger partial charge in [0.05, 0.1) is 6.54 Å². The van der Waals surface area contributed by atoms with E-state index in [1.54, 1.807) is 0 Å². The standard InChI is InChI=1S/C13H18N6O3S/c1-13(2,3)9-15-10(23-17-9)16-11(21)18-4-5-19-7(6-18)8(20)14-12(19)22/h7H,4-6H2,1-3H3,(H,14,20,22)(H,15,16,17,21). The highest BCUT2D eigenvalue weighted by Gasteiger charge is 2.43. The van der Waals surface area contributed by atoms with Crippen LogP contribution in [0, 0.1) is 0 Å². The molecule has 0 radical (unpaired) electrons. The van der Waals surface area contributed by atoms with Gasteiger partial charge in [0.15, 0.2) is 0 Å². The van der Waals surface area contributed by atoms with E-state index in [-0.39, 0.29) is 29.9 Å². The van der Waals surface area contributed by atoms with Gasteiger partial charge in [-0.05, 0) is 0 Å². The molecule has 0 spiro atoms. The molecule has 23 heavy (non-hydrogen) atoms. The lowest BCUT2D eigenvalue weighted by atomic mass is 9.96. The minimum atomic E-state index is -0.610. The molecule has 1 aromatic heterocycles. The van der Waals surface area contributed by atoms with Gasteiger partial charge in [0, 0.05) is 30.0 Å². The third-order valence-corrected chi connectivity index (χ3v) is 4.40. The van der Waals surface area contributed by atoms with Gasteiger partial charge in [0.2, 0.25) is 5.13 Å². The topological polar surface area (TPSA) is 108 Å². The number of imide groups is 1. The molecule has 1 aromatic rings. The maximum atomic E-state index is 12.3. The molecule has 3 heterocycles. The van der Waals surface area contributed by atoms with Crippen molar-refractivity contribution < 1.29 is 14.4 Å². The van der Waals surface area contributed by atoms with Gasteiger partial charge < -0.3 is 9.80 Å². The zero-order valence-corrected chi connectivity index (χ0v) is 13.9. The lowest BCUT2D eigenvalue weighted by Gasteiger charge is -2.35. The first kappa shape index (κ1) is 15.7. The first-order chi connectivity index (χ1) is 10.8. The Morgan fingerprint density at radius 3 is 2.74 bits per heavy atom. The van der Waals surface area contributed by atoms with E-state index in [9.17, 15) is 14.4 Å². The van der Waals surface area contributed by atoms with E-state index in [2.05, 4.69) is 20.0 Å². The van der Waals surface area contributed by atoms with Gasteiger partial charge in [0.1, 0.15) is 11.9 Å². The van der Waals surface area contributed by atoms with Gasteiger partial charge >= 0.3 is 12.1 Å². The summed E-state index contributed by atoms with van der Waals surface area (Å²) in [6.45, 7) is 6.86. The second kappa shape index (κ2) is 5.44. The van der Waals surface area contributed by atoms with Crippen LogP contribution in [0.2, 0.25) is 0 Å². The molecule has 2 fully saturated rings. The number of urea groups is 2. The fraction of sp³-hybridized carbons (Fsp3) is 0.615. The number of nitrogens with one attached hydrogen (secondary N) is 2. The van der Waals surface area contributed by atoms with Crippen molar-refractivity contribution in [2.24, 2.45) is 0 Å². The molecule has 1 atom stereocenters. The molecule has 1 unspecified atom stereocenters. The van der Waals surface area contributed by atoms with Crippen molar-refractivity contribution in [2.75, 3.05) is 25.0 Å². The number of nitrogens with zero attached hydrogens (tertiary/aromatic N) is 4. The first-order valence-electron chi connectivity index (χ1n) is 7.27. The number of carbonyl (C=O) groups is 3. The van der Waals surface area contributed by atoms with Crippen LogP contribution in [-0.4, -0.2) is 62.8 Å². The molecular weight excluding hydrogens is 320 g/mol.